The lowest BCUT2D eigenvalue weighted by Gasteiger charge is -2.36. The Morgan fingerprint density at radius 3 is 2.86 bits per heavy atom. The molecule has 0 spiro atoms. The lowest BCUT2D eigenvalue weighted by atomic mass is 10.1. The average Bonchev–Trinajstić information content (AvgIpc) is 2.21. The molecule has 0 aromatic carbocycles. The number of thioether (sulfide) groups is 1. The summed E-state index contributed by atoms with van der Waals surface area (Å²) in [6, 6.07) is 0. The van der Waals surface area contributed by atoms with Gasteiger partial charge in [0.25, 0.3) is 0 Å². The number of aliphatic hydroxyl groups excluding tert-OH is 2. The van der Waals surface area contributed by atoms with Gasteiger partial charge in [-0.15, -0.1) is 11.8 Å². The maximum Gasteiger partial charge on any atom is 0.0931 e. The van der Waals surface area contributed by atoms with E-state index in [-0.39, 0.29) is 10.7 Å². The van der Waals surface area contributed by atoms with Crippen LogP contribution < -0.4 is 0 Å². The summed E-state index contributed by atoms with van der Waals surface area (Å²) in [7, 11) is -0.867. The van der Waals surface area contributed by atoms with Crippen LogP contribution >= 0.6 is 11.8 Å². The monoisotopic (exact) mass is 238 g/mol. The van der Waals surface area contributed by atoms with Gasteiger partial charge in [-0.2, -0.15) is 0 Å². The molecule has 14 heavy (non-hydrogen) atoms. The van der Waals surface area contributed by atoms with Crippen LogP contribution in [0.2, 0.25) is 0 Å². The third-order valence-electron chi connectivity index (χ3n) is 2.55. The van der Waals surface area contributed by atoms with E-state index in [0.29, 0.717) is 6.42 Å². The van der Waals surface area contributed by atoms with Gasteiger partial charge in [-0.25, -0.2) is 0 Å². The lowest BCUT2D eigenvalue weighted by molar-refractivity contribution is 0.0851. The van der Waals surface area contributed by atoms with Gasteiger partial charge < -0.3 is 10.2 Å². The molecule has 1 aliphatic rings. The Bertz CT molecular complexity index is 210. The highest BCUT2D eigenvalue weighted by atomic mass is 32.2. The van der Waals surface area contributed by atoms with Crippen molar-refractivity contribution in [1.82, 2.24) is 0 Å². The molecule has 3 atom stereocenters. The van der Waals surface area contributed by atoms with Crippen molar-refractivity contribution in [3.63, 3.8) is 0 Å². The fraction of sp³-hybridized carbons (Fsp3) is 1.00. The molecule has 84 valence electrons. The molecule has 1 saturated heterocycles. The van der Waals surface area contributed by atoms with E-state index in [0.717, 1.165) is 24.3 Å². The molecule has 0 bridgehead atoms. The minimum absolute atomic E-state index is 0.237. The van der Waals surface area contributed by atoms with E-state index >= 15 is 0 Å². The second kappa shape index (κ2) is 5.49. The molecule has 5 heteroatoms. The normalized spacial score (nSPS) is 35.5. The van der Waals surface area contributed by atoms with Crippen LogP contribution in [0.4, 0.5) is 0 Å². The van der Waals surface area contributed by atoms with Crippen molar-refractivity contribution >= 4 is 22.6 Å². The van der Waals surface area contributed by atoms with Gasteiger partial charge in [0.15, 0.2) is 0 Å². The number of hydrogen-bond donors (Lipinski definition) is 2. The Morgan fingerprint density at radius 2 is 2.36 bits per heavy atom. The largest absolute Gasteiger partial charge is 0.394 e. The molecule has 1 fully saturated rings. The Labute approximate surface area is 91.7 Å². The summed E-state index contributed by atoms with van der Waals surface area (Å²) in [5.41, 5.74) is 0. The van der Waals surface area contributed by atoms with Gasteiger partial charge in [-0.05, 0) is 18.6 Å². The highest BCUT2D eigenvalue weighted by Gasteiger charge is 2.39. The Kier molecular flexibility index (Phi) is 4.90. The van der Waals surface area contributed by atoms with Crippen molar-refractivity contribution in [2.24, 2.45) is 0 Å². The van der Waals surface area contributed by atoms with Gasteiger partial charge in [0.2, 0.25) is 0 Å². The number of aliphatic hydroxyl groups is 2. The van der Waals surface area contributed by atoms with Crippen LogP contribution in [0.3, 0.4) is 0 Å². The van der Waals surface area contributed by atoms with Crippen molar-refractivity contribution in [3.05, 3.63) is 0 Å². The molecule has 3 nitrogen and oxygen atoms in total. The highest BCUT2D eigenvalue weighted by Crippen LogP contribution is 2.41. The number of hydrogen-bond acceptors (Lipinski definition) is 4. The van der Waals surface area contributed by atoms with E-state index in [4.69, 9.17) is 5.11 Å². The Hall–Kier alpha value is 0.420. The molecule has 0 aromatic heterocycles. The van der Waals surface area contributed by atoms with E-state index in [2.05, 4.69) is 0 Å². The van der Waals surface area contributed by atoms with Crippen LogP contribution in [0.5, 0.6) is 0 Å². The van der Waals surface area contributed by atoms with Crippen molar-refractivity contribution in [2.75, 3.05) is 18.1 Å². The third kappa shape index (κ3) is 2.72. The summed E-state index contributed by atoms with van der Waals surface area (Å²) in [6.45, 7) is 1.76. The first kappa shape index (κ1) is 12.5. The lowest BCUT2D eigenvalue weighted by Crippen LogP contribution is -2.39. The van der Waals surface area contributed by atoms with Crippen molar-refractivity contribution in [1.29, 1.82) is 0 Å². The van der Waals surface area contributed by atoms with Crippen LogP contribution in [-0.2, 0) is 10.8 Å². The molecule has 0 radical (unpaired) electrons. The first-order chi connectivity index (χ1) is 6.64. The summed E-state index contributed by atoms with van der Waals surface area (Å²) < 4.78 is 11.6. The van der Waals surface area contributed by atoms with Crippen molar-refractivity contribution in [2.45, 2.75) is 36.4 Å². The fourth-order valence-corrected chi connectivity index (χ4v) is 5.55. The molecule has 0 aromatic rings. The fourth-order valence-electron chi connectivity index (χ4n) is 1.68. The SMILES string of the molecule is CC[C@]1(C[C@H](O)CO)SCCCS1=O. The predicted molar refractivity (Wildman–Crippen MR) is 60.8 cm³/mol. The maximum atomic E-state index is 11.9. The summed E-state index contributed by atoms with van der Waals surface area (Å²) in [4.78, 5) is 0. The van der Waals surface area contributed by atoms with E-state index in [1.54, 1.807) is 11.8 Å². The van der Waals surface area contributed by atoms with Crippen LogP contribution in [0.1, 0.15) is 26.2 Å². The van der Waals surface area contributed by atoms with E-state index < -0.39 is 16.9 Å². The number of rotatable bonds is 4. The highest BCUT2D eigenvalue weighted by molar-refractivity contribution is 8.13. The molecule has 1 unspecified atom stereocenters. The molecule has 1 rings (SSSR count). The zero-order chi connectivity index (χ0) is 10.6. The van der Waals surface area contributed by atoms with E-state index in [1.807, 2.05) is 6.92 Å². The van der Waals surface area contributed by atoms with Gasteiger partial charge in [0, 0.05) is 23.0 Å². The predicted octanol–water partition coefficient (Wildman–Crippen LogP) is 0.722. The van der Waals surface area contributed by atoms with Crippen LogP contribution in [0, 0.1) is 0 Å². The second-order valence-corrected chi connectivity index (χ2v) is 7.17. The molecule has 1 heterocycles. The molecular formula is C9H18O3S2. The first-order valence-electron chi connectivity index (χ1n) is 4.96. The standard InChI is InChI=1S/C9H18O3S2/c1-2-9(6-8(11)7-10)13-4-3-5-14(9)12/h8,10-11H,2-7H2,1H3/t8-,9-,14?/m0/s1. The molecule has 2 N–H and O–H groups in total. The van der Waals surface area contributed by atoms with E-state index in [1.165, 1.54) is 0 Å². The second-order valence-electron chi connectivity index (χ2n) is 3.56. The summed E-state index contributed by atoms with van der Waals surface area (Å²) in [5, 5.41) is 18.2. The van der Waals surface area contributed by atoms with Crippen LogP contribution in [0.15, 0.2) is 0 Å². The Morgan fingerprint density at radius 1 is 1.64 bits per heavy atom. The van der Waals surface area contributed by atoms with Crippen molar-refractivity contribution < 1.29 is 14.4 Å². The van der Waals surface area contributed by atoms with Crippen LogP contribution in [-0.4, -0.2) is 42.7 Å². The van der Waals surface area contributed by atoms with Gasteiger partial charge >= 0.3 is 0 Å². The quantitative estimate of drug-likeness (QED) is 0.758. The van der Waals surface area contributed by atoms with Crippen molar-refractivity contribution in [3.8, 4) is 0 Å². The molecule has 0 saturated carbocycles. The smallest absolute Gasteiger partial charge is 0.0931 e. The molecule has 1 aliphatic heterocycles. The topological polar surface area (TPSA) is 57.5 Å². The van der Waals surface area contributed by atoms with Gasteiger partial charge in [0.1, 0.15) is 0 Å². The minimum Gasteiger partial charge on any atom is -0.394 e. The van der Waals surface area contributed by atoms with Crippen LogP contribution in [0.25, 0.3) is 0 Å². The van der Waals surface area contributed by atoms with Gasteiger partial charge in [0.05, 0.1) is 16.8 Å². The Balaban J connectivity index is 2.67. The third-order valence-corrected chi connectivity index (χ3v) is 6.88. The van der Waals surface area contributed by atoms with Gasteiger partial charge in [-0.1, -0.05) is 6.92 Å². The first-order valence-corrected chi connectivity index (χ1v) is 7.26. The summed E-state index contributed by atoms with van der Waals surface area (Å²) in [6.07, 6.45) is 1.50. The zero-order valence-electron chi connectivity index (χ0n) is 8.44. The van der Waals surface area contributed by atoms with E-state index in [9.17, 15) is 9.32 Å². The summed E-state index contributed by atoms with van der Waals surface area (Å²) in [5.74, 6) is 1.75. The molecule has 0 amide bonds. The molecular weight excluding hydrogens is 220 g/mol. The zero-order valence-corrected chi connectivity index (χ0v) is 10.1. The maximum absolute atomic E-state index is 11.9. The summed E-state index contributed by atoms with van der Waals surface area (Å²) >= 11 is 1.69. The average molecular weight is 238 g/mol. The van der Waals surface area contributed by atoms with Gasteiger partial charge in [-0.3, -0.25) is 4.21 Å². The molecule has 0 aliphatic carbocycles. The minimum atomic E-state index is -0.867.